The van der Waals surface area contributed by atoms with Crippen LogP contribution in [0.25, 0.3) is 0 Å². The van der Waals surface area contributed by atoms with Crippen LogP contribution in [0.4, 0.5) is 17.1 Å². The highest BCUT2D eigenvalue weighted by molar-refractivity contribution is 6.18. The first-order chi connectivity index (χ1) is 8.63. The summed E-state index contributed by atoms with van der Waals surface area (Å²) in [5, 5.41) is 9.05. The van der Waals surface area contributed by atoms with Gasteiger partial charge in [0.2, 0.25) is 0 Å². The summed E-state index contributed by atoms with van der Waals surface area (Å²) in [4.78, 5) is 4.12. The minimum absolute atomic E-state index is 0.105. The van der Waals surface area contributed by atoms with Crippen molar-refractivity contribution in [3.05, 3.63) is 18.2 Å². The molecule has 0 heterocycles. The van der Waals surface area contributed by atoms with Crippen molar-refractivity contribution in [2.45, 2.75) is 6.92 Å². The number of nitrogens with zero attached hydrogens (tertiary/aromatic N) is 2. The van der Waals surface area contributed by atoms with E-state index in [-0.39, 0.29) is 6.61 Å². The summed E-state index contributed by atoms with van der Waals surface area (Å²) in [7, 11) is 2.01. The second kappa shape index (κ2) is 7.34. The molecular formula is C13H22ClN3O. The molecule has 0 atom stereocenters. The molecule has 0 unspecified atom stereocenters. The third-order valence-corrected chi connectivity index (χ3v) is 3.16. The quantitative estimate of drug-likeness (QED) is 0.586. The normalized spacial score (nSPS) is 10.4. The van der Waals surface area contributed by atoms with E-state index in [9.17, 15) is 0 Å². The standard InChI is InChI=1S/C13H22ClN3O/c1-3-16(2)13-5-4-11(10-12(13)15)17(7-6-14)8-9-18/h4-5,10,18H,3,6-9,15H2,1-2H3. The Bertz CT molecular complexity index is 367. The minimum Gasteiger partial charge on any atom is -0.397 e. The minimum atomic E-state index is 0.105. The van der Waals surface area contributed by atoms with Crippen molar-refractivity contribution in [1.29, 1.82) is 0 Å². The fourth-order valence-corrected chi connectivity index (χ4v) is 2.05. The Balaban J connectivity index is 2.93. The molecule has 0 aliphatic heterocycles. The van der Waals surface area contributed by atoms with E-state index in [0.717, 1.165) is 23.6 Å². The molecule has 0 aromatic heterocycles. The van der Waals surface area contributed by atoms with Gasteiger partial charge < -0.3 is 20.6 Å². The average Bonchev–Trinajstić information content (AvgIpc) is 2.37. The lowest BCUT2D eigenvalue weighted by Crippen LogP contribution is -2.28. The van der Waals surface area contributed by atoms with Gasteiger partial charge in [-0.15, -0.1) is 11.6 Å². The second-order valence-corrected chi connectivity index (χ2v) is 4.53. The van der Waals surface area contributed by atoms with Crippen LogP contribution in [0.5, 0.6) is 0 Å². The topological polar surface area (TPSA) is 52.7 Å². The van der Waals surface area contributed by atoms with E-state index in [2.05, 4.69) is 11.8 Å². The van der Waals surface area contributed by atoms with Crippen LogP contribution in [0.2, 0.25) is 0 Å². The van der Waals surface area contributed by atoms with E-state index >= 15 is 0 Å². The molecule has 1 aromatic carbocycles. The molecule has 5 heteroatoms. The molecule has 102 valence electrons. The molecule has 1 rings (SSSR count). The zero-order valence-corrected chi connectivity index (χ0v) is 11.8. The summed E-state index contributed by atoms with van der Waals surface area (Å²) in [6.07, 6.45) is 0. The highest BCUT2D eigenvalue weighted by Gasteiger charge is 2.09. The first kappa shape index (κ1) is 14.9. The Kier molecular flexibility index (Phi) is 6.09. The Labute approximate surface area is 114 Å². The van der Waals surface area contributed by atoms with E-state index < -0.39 is 0 Å². The van der Waals surface area contributed by atoms with Crippen LogP contribution >= 0.6 is 11.6 Å². The molecule has 18 heavy (non-hydrogen) atoms. The Hall–Kier alpha value is -1.13. The van der Waals surface area contributed by atoms with Crippen molar-refractivity contribution in [1.82, 2.24) is 0 Å². The number of hydrogen-bond acceptors (Lipinski definition) is 4. The van der Waals surface area contributed by atoms with Crippen LogP contribution in [0, 0.1) is 0 Å². The third kappa shape index (κ3) is 3.68. The van der Waals surface area contributed by atoms with E-state index in [1.54, 1.807) is 0 Å². The van der Waals surface area contributed by atoms with Gasteiger partial charge in [0.15, 0.2) is 0 Å². The number of rotatable bonds is 7. The number of nitrogens with two attached hydrogens (primary N) is 1. The lowest BCUT2D eigenvalue weighted by molar-refractivity contribution is 0.302. The van der Waals surface area contributed by atoms with E-state index in [4.69, 9.17) is 22.4 Å². The van der Waals surface area contributed by atoms with Gasteiger partial charge in [-0.2, -0.15) is 0 Å². The Morgan fingerprint density at radius 1 is 1.33 bits per heavy atom. The molecule has 0 spiro atoms. The lowest BCUT2D eigenvalue weighted by Gasteiger charge is -2.25. The van der Waals surface area contributed by atoms with Crippen LogP contribution in [0.1, 0.15) is 6.92 Å². The summed E-state index contributed by atoms with van der Waals surface area (Å²) in [5.74, 6) is 0.524. The van der Waals surface area contributed by atoms with Crippen molar-refractivity contribution in [2.24, 2.45) is 0 Å². The number of alkyl halides is 1. The molecule has 1 aromatic rings. The number of anilines is 3. The molecule has 3 N–H and O–H groups in total. The van der Waals surface area contributed by atoms with Gasteiger partial charge in [-0.05, 0) is 25.1 Å². The van der Waals surface area contributed by atoms with Crippen molar-refractivity contribution >= 4 is 28.7 Å². The van der Waals surface area contributed by atoms with E-state index in [1.165, 1.54) is 0 Å². The highest BCUT2D eigenvalue weighted by Crippen LogP contribution is 2.27. The zero-order chi connectivity index (χ0) is 13.5. The number of benzene rings is 1. The van der Waals surface area contributed by atoms with Crippen LogP contribution in [0.3, 0.4) is 0 Å². The van der Waals surface area contributed by atoms with Gasteiger partial charge in [0.25, 0.3) is 0 Å². The molecule has 0 saturated carbocycles. The number of hydrogen-bond donors (Lipinski definition) is 2. The molecule has 0 aliphatic carbocycles. The van der Waals surface area contributed by atoms with Gasteiger partial charge in [-0.3, -0.25) is 0 Å². The summed E-state index contributed by atoms with van der Waals surface area (Å²) >= 11 is 5.76. The maximum Gasteiger partial charge on any atom is 0.0606 e. The van der Waals surface area contributed by atoms with Crippen molar-refractivity contribution in [3.8, 4) is 0 Å². The zero-order valence-electron chi connectivity index (χ0n) is 11.1. The predicted molar refractivity (Wildman–Crippen MR) is 79.8 cm³/mol. The monoisotopic (exact) mass is 271 g/mol. The average molecular weight is 272 g/mol. The molecule has 4 nitrogen and oxygen atoms in total. The Morgan fingerprint density at radius 3 is 2.56 bits per heavy atom. The first-order valence-electron chi connectivity index (χ1n) is 6.16. The highest BCUT2D eigenvalue weighted by atomic mass is 35.5. The van der Waals surface area contributed by atoms with Crippen molar-refractivity contribution < 1.29 is 5.11 Å². The molecule has 0 amide bonds. The fraction of sp³-hybridized carbons (Fsp3) is 0.538. The van der Waals surface area contributed by atoms with Crippen molar-refractivity contribution in [2.75, 3.05) is 54.7 Å². The summed E-state index contributed by atoms with van der Waals surface area (Å²) in [6.45, 7) is 4.36. The fourth-order valence-electron chi connectivity index (χ4n) is 1.85. The van der Waals surface area contributed by atoms with Crippen LogP contribution in [-0.4, -0.2) is 44.3 Å². The van der Waals surface area contributed by atoms with Crippen LogP contribution in [-0.2, 0) is 0 Å². The van der Waals surface area contributed by atoms with E-state index in [0.29, 0.717) is 19.0 Å². The van der Waals surface area contributed by atoms with Crippen LogP contribution in [0.15, 0.2) is 18.2 Å². The van der Waals surface area contributed by atoms with Crippen LogP contribution < -0.4 is 15.5 Å². The third-order valence-electron chi connectivity index (χ3n) is 2.99. The van der Waals surface area contributed by atoms with Gasteiger partial charge in [0.1, 0.15) is 0 Å². The Morgan fingerprint density at radius 2 is 2.06 bits per heavy atom. The first-order valence-corrected chi connectivity index (χ1v) is 6.69. The van der Waals surface area contributed by atoms with Gasteiger partial charge in [-0.25, -0.2) is 0 Å². The van der Waals surface area contributed by atoms with Gasteiger partial charge in [0.05, 0.1) is 18.0 Å². The largest absolute Gasteiger partial charge is 0.397 e. The summed E-state index contributed by atoms with van der Waals surface area (Å²) < 4.78 is 0. The smallest absolute Gasteiger partial charge is 0.0606 e. The number of aliphatic hydroxyl groups is 1. The molecule has 0 bridgehead atoms. The lowest BCUT2D eigenvalue weighted by atomic mass is 10.2. The summed E-state index contributed by atoms with van der Waals surface area (Å²) in [6, 6.07) is 5.95. The maximum absolute atomic E-state index is 9.05. The predicted octanol–water partition coefficient (Wildman–Crippen LogP) is 1.76. The number of nitrogen functional groups attached to an aromatic ring is 1. The van der Waals surface area contributed by atoms with E-state index in [1.807, 2.05) is 30.1 Å². The molecule has 0 aliphatic rings. The molecule has 0 radical (unpaired) electrons. The number of aliphatic hydroxyl groups excluding tert-OH is 1. The van der Waals surface area contributed by atoms with Gasteiger partial charge in [0, 0.05) is 38.2 Å². The molecule has 0 fully saturated rings. The maximum atomic E-state index is 9.05. The second-order valence-electron chi connectivity index (χ2n) is 4.16. The number of halogens is 1. The SMILES string of the molecule is CCN(C)c1ccc(N(CCO)CCCl)cc1N. The molecular weight excluding hydrogens is 250 g/mol. The molecule has 0 saturated heterocycles. The van der Waals surface area contributed by atoms with Gasteiger partial charge in [-0.1, -0.05) is 0 Å². The van der Waals surface area contributed by atoms with Crippen molar-refractivity contribution in [3.63, 3.8) is 0 Å². The van der Waals surface area contributed by atoms with Gasteiger partial charge >= 0.3 is 0 Å². The summed E-state index contributed by atoms with van der Waals surface area (Å²) in [5.41, 5.74) is 8.83.